The summed E-state index contributed by atoms with van der Waals surface area (Å²) in [6.45, 7) is 1.94. The minimum absolute atomic E-state index is 0.263. The molecule has 1 aromatic carbocycles. The second kappa shape index (κ2) is 9.19. The van der Waals surface area contributed by atoms with Crippen molar-refractivity contribution in [2.75, 3.05) is 10.6 Å². The zero-order valence-electron chi connectivity index (χ0n) is 18.2. The standard InChI is InChI=1S/C26H24FN3O2S/c1-16-6-4-10-22(28-16)29-24(17-11-13-18(27)14-12-17)23-19-7-2-3-9-21(19)33-26(23)30-25(31)20-8-5-15-32-20/h4-6,8,10-15,24H,2-3,7,9H2,1H3,(H,28,29)(H,30,31)/t24-/m1/s1. The van der Waals surface area contributed by atoms with Gasteiger partial charge in [0.2, 0.25) is 0 Å². The van der Waals surface area contributed by atoms with E-state index in [1.165, 1.54) is 28.8 Å². The molecule has 1 aliphatic carbocycles. The highest BCUT2D eigenvalue weighted by Gasteiger charge is 2.29. The minimum atomic E-state index is -0.301. The quantitative estimate of drug-likeness (QED) is 0.343. The third-order valence-corrected chi connectivity index (χ3v) is 7.08. The number of hydrogen-bond acceptors (Lipinski definition) is 5. The lowest BCUT2D eigenvalue weighted by atomic mass is 9.89. The third-order valence-electron chi connectivity index (χ3n) is 5.86. The number of thiophene rings is 1. The molecule has 0 radical (unpaired) electrons. The molecule has 3 aromatic heterocycles. The first-order valence-corrected chi connectivity index (χ1v) is 11.8. The first kappa shape index (κ1) is 21.4. The normalized spacial score (nSPS) is 13.9. The second-order valence-electron chi connectivity index (χ2n) is 8.18. The summed E-state index contributed by atoms with van der Waals surface area (Å²) in [7, 11) is 0. The van der Waals surface area contributed by atoms with E-state index in [2.05, 4.69) is 15.6 Å². The van der Waals surface area contributed by atoms with Gasteiger partial charge < -0.3 is 15.1 Å². The maximum absolute atomic E-state index is 13.8. The molecule has 4 aromatic rings. The molecular weight excluding hydrogens is 437 g/mol. The zero-order valence-corrected chi connectivity index (χ0v) is 19.0. The Morgan fingerprint density at radius 2 is 1.91 bits per heavy atom. The van der Waals surface area contributed by atoms with E-state index in [0.29, 0.717) is 0 Å². The number of halogens is 1. The molecule has 0 fully saturated rings. The van der Waals surface area contributed by atoms with Crippen LogP contribution in [-0.4, -0.2) is 10.9 Å². The highest BCUT2D eigenvalue weighted by molar-refractivity contribution is 7.16. The van der Waals surface area contributed by atoms with Gasteiger partial charge >= 0.3 is 0 Å². The van der Waals surface area contributed by atoms with E-state index in [1.54, 1.807) is 35.6 Å². The summed E-state index contributed by atoms with van der Waals surface area (Å²) < 4.78 is 19.1. The lowest BCUT2D eigenvalue weighted by Gasteiger charge is -2.24. The molecular formula is C26H24FN3O2S. The van der Waals surface area contributed by atoms with Gasteiger partial charge in [0.1, 0.15) is 16.6 Å². The van der Waals surface area contributed by atoms with E-state index in [-0.39, 0.29) is 23.5 Å². The van der Waals surface area contributed by atoms with Crippen LogP contribution in [0.1, 0.15) is 56.7 Å². The van der Waals surface area contributed by atoms with E-state index in [0.717, 1.165) is 53.3 Å². The summed E-state index contributed by atoms with van der Waals surface area (Å²) in [4.78, 5) is 18.8. The number of carbonyl (C=O) groups excluding carboxylic acids is 1. The van der Waals surface area contributed by atoms with Crippen LogP contribution in [0.3, 0.4) is 0 Å². The number of rotatable bonds is 6. The Balaban J connectivity index is 1.61. The Morgan fingerprint density at radius 1 is 1.09 bits per heavy atom. The van der Waals surface area contributed by atoms with Gasteiger partial charge in [-0.2, -0.15) is 0 Å². The van der Waals surface area contributed by atoms with Gasteiger partial charge in [-0.1, -0.05) is 18.2 Å². The van der Waals surface area contributed by atoms with Crippen LogP contribution in [0.4, 0.5) is 15.2 Å². The number of aromatic nitrogens is 1. The van der Waals surface area contributed by atoms with E-state index in [9.17, 15) is 9.18 Å². The molecule has 3 heterocycles. The monoisotopic (exact) mass is 461 g/mol. The van der Waals surface area contributed by atoms with Gasteiger partial charge in [0.15, 0.2) is 5.76 Å². The molecule has 5 nitrogen and oxygen atoms in total. The van der Waals surface area contributed by atoms with Gasteiger partial charge in [0.25, 0.3) is 5.91 Å². The van der Waals surface area contributed by atoms with Crippen molar-refractivity contribution >= 4 is 28.1 Å². The fourth-order valence-electron chi connectivity index (χ4n) is 4.31. The first-order valence-electron chi connectivity index (χ1n) is 11.0. The van der Waals surface area contributed by atoms with Crippen molar-refractivity contribution < 1.29 is 13.6 Å². The average Bonchev–Trinajstić information content (AvgIpc) is 3.47. The smallest absolute Gasteiger partial charge is 0.291 e. The molecule has 1 amide bonds. The van der Waals surface area contributed by atoms with Crippen LogP contribution in [0.5, 0.6) is 0 Å². The van der Waals surface area contributed by atoms with Gasteiger partial charge in [0.05, 0.1) is 12.3 Å². The van der Waals surface area contributed by atoms with E-state index in [1.807, 2.05) is 25.1 Å². The van der Waals surface area contributed by atoms with Crippen molar-refractivity contribution in [1.29, 1.82) is 0 Å². The second-order valence-corrected chi connectivity index (χ2v) is 9.28. The maximum Gasteiger partial charge on any atom is 0.291 e. The number of pyridine rings is 1. The van der Waals surface area contributed by atoms with Crippen LogP contribution in [0.15, 0.2) is 65.3 Å². The predicted octanol–water partition coefficient (Wildman–Crippen LogP) is 6.52. The number of hydrogen-bond donors (Lipinski definition) is 2. The molecule has 0 aliphatic heterocycles. The summed E-state index contributed by atoms with van der Waals surface area (Å²) in [5, 5.41) is 7.42. The van der Waals surface area contributed by atoms with E-state index < -0.39 is 0 Å². The number of fused-ring (bicyclic) bond motifs is 1. The summed E-state index contributed by atoms with van der Waals surface area (Å²) in [5.74, 6) is 0.415. The van der Waals surface area contributed by atoms with Crippen LogP contribution < -0.4 is 10.6 Å². The zero-order chi connectivity index (χ0) is 22.8. The highest BCUT2D eigenvalue weighted by atomic mass is 32.1. The molecule has 1 aliphatic rings. The number of aryl methyl sites for hydroxylation is 2. The molecule has 0 unspecified atom stereocenters. The SMILES string of the molecule is Cc1cccc(N[C@H](c2ccc(F)cc2)c2c(NC(=O)c3ccco3)sc3c2CCCC3)n1. The lowest BCUT2D eigenvalue weighted by molar-refractivity contribution is 0.0997. The predicted molar refractivity (Wildman–Crippen MR) is 128 cm³/mol. The summed E-state index contributed by atoms with van der Waals surface area (Å²) in [6.07, 6.45) is 5.65. The summed E-state index contributed by atoms with van der Waals surface area (Å²) in [5.41, 5.74) is 4.08. The fraction of sp³-hybridized carbons (Fsp3) is 0.231. The van der Waals surface area contributed by atoms with Crippen molar-refractivity contribution in [2.45, 2.75) is 38.6 Å². The van der Waals surface area contributed by atoms with Gasteiger partial charge in [-0.25, -0.2) is 9.37 Å². The van der Waals surface area contributed by atoms with Crippen LogP contribution in [0.25, 0.3) is 0 Å². The molecule has 7 heteroatoms. The van der Waals surface area contributed by atoms with E-state index in [4.69, 9.17) is 4.42 Å². The van der Waals surface area contributed by atoms with Crippen LogP contribution in [0, 0.1) is 12.7 Å². The number of anilines is 2. The minimum Gasteiger partial charge on any atom is -0.459 e. The summed E-state index contributed by atoms with van der Waals surface area (Å²) in [6, 6.07) is 15.4. The number of nitrogens with one attached hydrogen (secondary N) is 2. The number of amides is 1. The van der Waals surface area contributed by atoms with Gasteiger partial charge in [-0.05, 0) is 80.1 Å². The molecule has 5 rings (SSSR count). The molecule has 1 atom stereocenters. The molecule has 2 N–H and O–H groups in total. The average molecular weight is 462 g/mol. The number of furan rings is 1. The largest absolute Gasteiger partial charge is 0.459 e. The highest BCUT2D eigenvalue weighted by Crippen LogP contribution is 2.44. The van der Waals surface area contributed by atoms with Crippen LogP contribution >= 0.6 is 11.3 Å². The molecule has 0 bridgehead atoms. The van der Waals surface area contributed by atoms with Gasteiger partial charge in [-0.3, -0.25) is 4.79 Å². The molecule has 168 valence electrons. The molecule has 0 spiro atoms. The molecule has 33 heavy (non-hydrogen) atoms. The number of benzene rings is 1. The first-order chi connectivity index (χ1) is 16.1. The molecule has 0 saturated heterocycles. The molecule has 0 saturated carbocycles. The topological polar surface area (TPSA) is 67.2 Å². The van der Waals surface area contributed by atoms with Gasteiger partial charge in [-0.15, -0.1) is 11.3 Å². The van der Waals surface area contributed by atoms with Crippen molar-refractivity contribution in [3.05, 3.63) is 99.7 Å². The Bertz CT molecular complexity index is 1270. The Morgan fingerprint density at radius 3 is 2.67 bits per heavy atom. The van der Waals surface area contributed by atoms with Crippen molar-refractivity contribution in [2.24, 2.45) is 0 Å². The van der Waals surface area contributed by atoms with Crippen molar-refractivity contribution in [1.82, 2.24) is 4.98 Å². The van der Waals surface area contributed by atoms with Crippen molar-refractivity contribution in [3.8, 4) is 0 Å². The third kappa shape index (κ3) is 4.54. The van der Waals surface area contributed by atoms with Crippen LogP contribution in [-0.2, 0) is 12.8 Å². The Hall–Kier alpha value is -3.45. The lowest BCUT2D eigenvalue weighted by Crippen LogP contribution is -2.19. The number of carbonyl (C=O) groups is 1. The summed E-state index contributed by atoms with van der Waals surface area (Å²) >= 11 is 1.62. The van der Waals surface area contributed by atoms with Gasteiger partial charge in [0, 0.05) is 16.1 Å². The maximum atomic E-state index is 13.8. The van der Waals surface area contributed by atoms with E-state index >= 15 is 0 Å². The number of nitrogens with zero attached hydrogens (tertiary/aromatic N) is 1. The fourth-order valence-corrected chi connectivity index (χ4v) is 5.63. The van der Waals surface area contributed by atoms with Crippen molar-refractivity contribution in [3.63, 3.8) is 0 Å². The Kier molecular flexibility index (Phi) is 5.96. The Labute approximate surface area is 195 Å². The van der Waals surface area contributed by atoms with Crippen LogP contribution in [0.2, 0.25) is 0 Å².